The minimum absolute atomic E-state index is 0.00565. The Morgan fingerprint density at radius 1 is 1.03 bits per heavy atom. The van der Waals surface area contributed by atoms with Crippen LogP contribution in [0.3, 0.4) is 0 Å². The lowest BCUT2D eigenvalue weighted by Crippen LogP contribution is -2.33. The van der Waals surface area contributed by atoms with E-state index >= 15 is 0 Å². The lowest BCUT2D eigenvalue weighted by atomic mass is 10.1. The molecule has 11 heteroatoms. The Kier molecular flexibility index (Phi) is 8.67. The minimum atomic E-state index is -3.95. The highest BCUT2D eigenvalue weighted by Gasteiger charge is 2.26. The molecule has 0 N–H and O–H groups in total. The highest BCUT2D eigenvalue weighted by Crippen LogP contribution is 2.33. The molecule has 2 heterocycles. The number of rotatable bonds is 10. The third-order valence-electron chi connectivity index (χ3n) is 6.03. The van der Waals surface area contributed by atoms with Crippen molar-refractivity contribution in [2.24, 2.45) is 0 Å². The van der Waals surface area contributed by atoms with Crippen LogP contribution in [0.1, 0.15) is 39.9 Å². The zero-order valence-corrected chi connectivity index (χ0v) is 23.2. The minimum Gasteiger partial charge on any atom is -0.279 e. The van der Waals surface area contributed by atoms with E-state index in [1.165, 1.54) is 35.6 Å². The van der Waals surface area contributed by atoms with E-state index in [9.17, 15) is 13.2 Å². The number of nitrogens with zero attached hydrogens (tertiary/aromatic N) is 6. The molecule has 0 aliphatic rings. The number of nitriles is 2. The molecular weight excluding hydrogens is 532 g/mol. The van der Waals surface area contributed by atoms with Crippen molar-refractivity contribution in [1.82, 2.24) is 14.3 Å². The second-order valence-corrected chi connectivity index (χ2v) is 11.8. The number of aromatic nitrogens is 2. The molecule has 39 heavy (non-hydrogen) atoms. The monoisotopic (exact) mass is 558 g/mol. The number of carbonyl (C=O) groups excluding carboxylic acids is 1. The van der Waals surface area contributed by atoms with Crippen LogP contribution in [0.25, 0.3) is 10.2 Å². The predicted molar refractivity (Wildman–Crippen MR) is 150 cm³/mol. The van der Waals surface area contributed by atoms with Gasteiger partial charge in [0.25, 0.3) is 5.91 Å². The fraction of sp³-hybridized carbons (Fsp3) is 0.250. The molecule has 0 bridgehead atoms. The zero-order chi connectivity index (χ0) is 28.0. The number of benzene rings is 2. The summed E-state index contributed by atoms with van der Waals surface area (Å²) in [7, 11) is -3.95. The van der Waals surface area contributed by atoms with Crippen LogP contribution >= 0.6 is 11.3 Å². The maximum Gasteiger partial charge on any atom is 0.260 e. The number of aryl methyl sites for hydroxylation is 2. The second-order valence-electron chi connectivity index (χ2n) is 8.92. The molecule has 0 spiro atoms. The molecule has 1 amide bonds. The van der Waals surface area contributed by atoms with Gasteiger partial charge in [0.1, 0.15) is 0 Å². The topological polar surface area (TPSA) is 131 Å². The standard InChI is InChI=1S/C28H26N6O3S2/c1-20-16-21(2)26-25(17-20)32-28(38-26)34(19-22-6-3-13-31-18-22)27(35)23-7-9-24(10-8-23)39(36,37)33(14-4-11-29)15-5-12-30/h3,6-10,13,16-18H,4-5,14-15,19H2,1-2H3. The molecule has 9 nitrogen and oxygen atoms in total. The van der Waals surface area contributed by atoms with Crippen LogP contribution in [0.15, 0.2) is 65.8 Å². The lowest BCUT2D eigenvalue weighted by molar-refractivity contribution is 0.0985. The zero-order valence-electron chi connectivity index (χ0n) is 21.5. The van der Waals surface area contributed by atoms with Crippen molar-refractivity contribution in [3.8, 4) is 12.1 Å². The summed E-state index contributed by atoms with van der Waals surface area (Å²) in [5, 5.41) is 18.4. The van der Waals surface area contributed by atoms with E-state index in [2.05, 4.69) is 11.1 Å². The Morgan fingerprint density at radius 3 is 2.33 bits per heavy atom. The van der Waals surface area contributed by atoms with Gasteiger partial charge in [-0.3, -0.25) is 14.7 Å². The summed E-state index contributed by atoms with van der Waals surface area (Å²) >= 11 is 1.43. The van der Waals surface area contributed by atoms with E-state index in [0.29, 0.717) is 10.7 Å². The summed E-state index contributed by atoms with van der Waals surface area (Å²) < 4.78 is 28.5. The normalized spacial score (nSPS) is 11.3. The number of pyridine rings is 1. The van der Waals surface area contributed by atoms with Crippen molar-refractivity contribution < 1.29 is 13.2 Å². The van der Waals surface area contributed by atoms with Gasteiger partial charge in [0.2, 0.25) is 10.0 Å². The number of carbonyl (C=O) groups is 1. The van der Waals surface area contributed by atoms with Gasteiger partial charge >= 0.3 is 0 Å². The van der Waals surface area contributed by atoms with Gasteiger partial charge in [-0.25, -0.2) is 13.4 Å². The van der Waals surface area contributed by atoms with E-state index in [1.807, 2.05) is 38.1 Å². The maximum absolute atomic E-state index is 13.8. The van der Waals surface area contributed by atoms with Gasteiger partial charge in [-0.2, -0.15) is 14.8 Å². The van der Waals surface area contributed by atoms with E-state index < -0.39 is 10.0 Å². The van der Waals surface area contributed by atoms with Gasteiger partial charge in [-0.1, -0.05) is 23.5 Å². The molecule has 0 unspecified atom stereocenters. The Bertz CT molecular complexity index is 1650. The van der Waals surface area contributed by atoms with Crippen LogP contribution in [0.5, 0.6) is 0 Å². The molecule has 0 fully saturated rings. The van der Waals surface area contributed by atoms with Crippen molar-refractivity contribution in [2.45, 2.75) is 38.1 Å². The highest BCUT2D eigenvalue weighted by molar-refractivity contribution is 7.89. The summed E-state index contributed by atoms with van der Waals surface area (Å²) in [6.45, 7) is 4.22. The Hall–Kier alpha value is -4.16. The van der Waals surface area contributed by atoms with Crippen molar-refractivity contribution in [3.05, 3.63) is 83.2 Å². The van der Waals surface area contributed by atoms with E-state index in [-0.39, 0.29) is 43.3 Å². The average molecular weight is 559 g/mol. The summed E-state index contributed by atoms with van der Waals surface area (Å²) in [5.41, 5.74) is 4.09. The first-order valence-corrected chi connectivity index (χ1v) is 14.4. The van der Waals surface area contributed by atoms with Crippen molar-refractivity contribution in [3.63, 3.8) is 0 Å². The molecule has 0 saturated heterocycles. The molecule has 4 aromatic rings. The number of amides is 1. The van der Waals surface area contributed by atoms with Crippen LogP contribution in [-0.2, 0) is 16.6 Å². The van der Waals surface area contributed by atoms with Crippen molar-refractivity contribution in [2.75, 3.05) is 18.0 Å². The fourth-order valence-electron chi connectivity index (χ4n) is 4.16. The first-order valence-electron chi connectivity index (χ1n) is 12.2. The molecule has 0 aliphatic heterocycles. The highest BCUT2D eigenvalue weighted by atomic mass is 32.2. The third-order valence-corrected chi connectivity index (χ3v) is 9.18. The lowest BCUT2D eigenvalue weighted by Gasteiger charge is -2.21. The van der Waals surface area contributed by atoms with Gasteiger partial charge in [-0.05, 0) is 66.9 Å². The number of fused-ring (bicyclic) bond motifs is 1. The van der Waals surface area contributed by atoms with Crippen LogP contribution in [-0.4, -0.2) is 41.7 Å². The van der Waals surface area contributed by atoms with Crippen LogP contribution in [0.4, 0.5) is 5.13 Å². The van der Waals surface area contributed by atoms with Crippen LogP contribution in [0, 0.1) is 36.5 Å². The SMILES string of the molecule is Cc1cc(C)c2sc(N(Cc3cccnc3)C(=O)c3ccc(S(=O)(=O)N(CCC#N)CCC#N)cc3)nc2c1. The van der Waals surface area contributed by atoms with E-state index in [0.717, 1.165) is 31.2 Å². The predicted octanol–water partition coefficient (Wildman–Crippen LogP) is 4.97. The maximum atomic E-state index is 13.8. The molecule has 4 rings (SSSR count). The molecule has 0 aliphatic carbocycles. The first-order chi connectivity index (χ1) is 18.7. The van der Waals surface area contributed by atoms with Gasteiger partial charge < -0.3 is 0 Å². The Labute approximate surface area is 231 Å². The number of sulfonamides is 1. The Balaban J connectivity index is 1.68. The van der Waals surface area contributed by atoms with Crippen LogP contribution < -0.4 is 4.90 Å². The summed E-state index contributed by atoms with van der Waals surface area (Å²) in [6.07, 6.45) is 3.36. The molecule has 0 radical (unpaired) electrons. The summed E-state index contributed by atoms with van der Waals surface area (Å²) in [5.74, 6) is -0.331. The largest absolute Gasteiger partial charge is 0.279 e. The van der Waals surface area contributed by atoms with E-state index in [1.54, 1.807) is 23.4 Å². The quantitative estimate of drug-likeness (QED) is 0.268. The smallest absolute Gasteiger partial charge is 0.260 e. The second kappa shape index (κ2) is 12.1. The number of hydrogen-bond acceptors (Lipinski definition) is 8. The summed E-state index contributed by atoms with van der Waals surface area (Å²) in [6, 6.07) is 17.3. The van der Waals surface area contributed by atoms with Crippen molar-refractivity contribution in [1.29, 1.82) is 10.5 Å². The Morgan fingerprint density at radius 2 is 1.72 bits per heavy atom. The number of hydrogen-bond donors (Lipinski definition) is 0. The molecular formula is C28H26N6O3S2. The van der Waals surface area contributed by atoms with Gasteiger partial charge in [0.15, 0.2) is 5.13 Å². The van der Waals surface area contributed by atoms with Gasteiger partial charge in [0, 0.05) is 43.9 Å². The molecule has 2 aromatic carbocycles. The van der Waals surface area contributed by atoms with Gasteiger partial charge in [-0.15, -0.1) is 0 Å². The van der Waals surface area contributed by atoms with Gasteiger partial charge in [0.05, 0.1) is 33.8 Å². The average Bonchev–Trinajstić information content (AvgIpc) is 3.36. The first kappa shape index (κ1) is 27.9. The molecule has 2 aromatic heterocycles. The fourth-order valence-corrected chi connectivity index (χ4v) is 6.61. The third kappa shape index (κ3) is 6.29. The van der Waals surface area contributed by atoms with Crippen molar-refractivity contribution >= 4 is 42.6 Å². The van der Waals surface area contributed by atoms with E-state index in [4.69, 9.17) is 15.5 Å². The molecule has 0 atom stereocenters. The number of thiazole rings is 1. The summed E-state index contributed by atoms with van der Waals surface area (Å²) in [4.78, 5) is 24.3. The molecule has 0 saturated carbocycles. The molecule has 198 valence electrons. The van der Waals surface area contributed by atoms with Crippen LogP contribution in [0.2, 0.25) is 0 Å². The number of anilines is 1.